The average Bonchev–Trinajstić information content (AvgIpc) is 3.50. The molecular formula is C30H20ClF4N5O2. The summed E-state index contributed by atoms with van der Waals surface area (Å²) in [6, 6.07) is 16.4. The van der Waals surface area contributed by atoms with Crippen LogP contribution >= 0.6 is 11.6 Å². The first kappa shape index (κ1) is 26.1. The largest absolute Gasteiger partial charge is 0.489 e. The molecule has 0 amide bonds. The normalized spacial score (nSPS) is 13.8. The molecule has 0 fully saturated rings. The fourth-order valence-corrected chi connectivity index (χ4v) is 4.04. The molecule has 0 spiro atoms. The number of pyridine rings is 1. The van der Waals surface area contributed by atoms with Crippen molar-refractivity contribution in [3.63, 3.8) is 0 Å². The Morgan fingerprint density at radius 3 is 2.31 bits per heavy atom. The first-order valence-electron chi connectivity index (χ1n) is 13.2. The summed E-state index contributed by atoms with van der Waals surface area (Å²) < 4.78 is 82.7. The van der Waals surface area contributed by atoms with Crippen LogP contribution in [0.4, 0.5) is 17.6 Å². The van der Waals surface area contributed by atoms with Crippen molar-refractivity contribution < 1.29 is 30.1 Å². The van der Waals surface area contributed by atoms with Gasteiger partial charge in [0.2, 0.25) is 0 Å². The predicted octanol–water partition coefficient (Wildman–Crippen LogP) is 5.66. The van der Waals surface area contributed by atoms with E-state index in [1.807, 2.05) is 0 Å². The maximum Gasteiger partial charge on any atom is 0.323 e. The second-order valence-electron chi connectivity index (χ2n) is 8.98. The van der Waals surface area contributed by atoms with E-state index < -0.39 is 47.5 Å². The number of rotatable bonds is 8. The summed E-state index contributed by atoms with van der Waals surface area (Å²) in [6.45, 7) is -3.09. The molecule has 0 aliphatic carbocycles. The zero-order valence-electron chi connectivity index (χ0n) is 23.3. The van der Waals surface area contributed by atoms with Gasteiger partial charge in [0.15, 0.2) is 5.60 Å². The van der Waals surface area contributed by atoms with Crippen molar-refractivity contribution >= 4 is 11.6 Å². The van der Waals surface area contributed by atoms with E-state index in [-0.39, 0.29) is 16.9 Å². The molecular weight excluding hydrogens is 574 g/mol. The van der Waals surface area contributed by atoms with E-state index in [4.69, 9.17) is 19.1 Å². The molecule has 12 heteroatoms. The summed E-state index contributed by atoms with van der Waals surface area (Å²) in [5, 5.41) is 21.9. The van der Waals surface area contributed by atoms with E-state index >= 15 is 8.78 Å². The molecule has 2 aromatic heterocycles. The van der Waals surface area contributed by atoms with Crippen molar-refractivity contribution in [2.45, 2.75) is 24.6 Å². The van der Waals surface area contributed by atoms with Crippen molar-refractivity contribution in [2.75, 3.05) is 0 Å². The second kappa shape index (κ2) is 12.0. The first-order chi connectivity index (χ1) is 20.9. The van der Waals surface area contributed by atoms with Crippen molar-refractivity contribution in [3.05, 3.63) is 136 Å². The standard InChI is InChI=1S/C30H20ClF4N5O2/c31-23-8-3-22(4-9-23)17-42-25-11-5-20(6-12-25)1-2-21-7-14-28(36-16-21)30(34,35)29(41,18-40-19-37-38-39-40)26-13-10-24(32)15-27(26)33/h3-16,19,41H,17-18H2/t29-/m0/s1/i17D2. The van der Waals surface area contributed by atoms with E-state index in [1.54, 1.807) is 24.3 Å². The summed E-state index contributed by atoms with van der Waals surface area (Å²) in [7, 11) is 0. The molecule has 0 radical (unpaired) electrons. The van der Waals surface area contributed by atoms with Crippen LogP contribution < -0.4 is 4.74 Å². The minimum atomic E-state index is -4.20. The third-order valence-electron chi connectivity index (χ3n) is 6.10. The van der Waals surface area contributed by atoms with Crippen LogP contribution in [0.5, 0.6) is 5.75 Å². The van der Waals surface area contributed by atoms with Crippen molar-refractivity contribution in [2.24, 2.45) is 0 Å². The van der Waals surface area contributed by atoms with Gasteiger partial charge in [-0.3, -0.25) is 4.98 Å². The monoisotopic (exact) mass is 595 g/mol. The van der Waals surface area contributed by atoms with Gasteiger partial charge in [-0.25, -0.2) is 13.5 Å². The van der Waals surface area contributed by atoms with Crippen LogP contribution in [0.3, 0.4) is 0 Å². The number of hydrogen-bond acceptors (Lipinski definition) is 6. The summed E-state index contributed by atoms with van der Waals surface area (Å²) in [5.74, 6) is -0.728. The van der Waals surface area contributed by atoms with E-state index in [9.17, 15) is 13.9 Å². The number of aliphatic hydroxyl groups is 1. The Hall–Kier alpha value is -4.79. The lowest BCUT2D eigenvalue weighted by Crippen LogP contribution is -2.48. The van der Waals surface area contributed by atoms with Gasteiger partial charge in [0.1, 0.15) is 36.0 Å². The Morgan fingerprint density at radius 2 is 1.67 bits per heavy atom. The van der Waals surface area contributed by atoms with Gasteiger partial charge in [0.05, 0.1) is 9.29 Å². The Kier molecular flexibility index (Phi) is 7.45. The fourth-order valence-electron chi connectivity index (χ4n) is 3.92. The lowest BCUT2D eigenvalue weighted by molar-refractivity contribution is -0.207. The van der Waals surface area contributed by atoms with Crippen LogP contribution in [-0.4, -0.2) is 30.3 Å². The first-order valence-corrected chi connectivity index (χ1v) is 12.6. The van der Waals surface area contributed by atoms with Crippen LogP contribution in [0.25, 0.3) is 0 Å². The number of hydrogen-bond donors (Lipinski definition) is 1. The fraction of sp³-hybridized carbons (Fsp3) is 0.133. The predicted molar refractivity (Wildman–Crippen MR) is 144 cm³/mol. The van der Waals surface area contributed by atoms with Crippen molar-refractivity contribution in [1.82, 2.24) is 25.2 Å². The number of tetrazole rings is 1. The molecule has 0 bridgehead atoms. The van der Waals surface area contributed by atoms with E-state index in [2.05, 4.69) is 32.4 Å². The maximum absolute atomic E-state index is 15.9. The van der Waals surface area contributed by atoms with Gasteiger partial charge in [-0.15, -0.1) is 5.10 Å². The molecule has 1 atom stereocenters. The lowest BCUT2D eigenvalue weighted by Gasteiger charge is -2.35. The molecule has 0 aliphatic heterocycles. The highest BCUT2D eigenvalue weighted by atomic mass is 35.5. The van der Waals surface area contributed by atoms with Gasteiger partial charge in [-0.05, 0) is 76.7 Å². The molecule has 5 rings (SSSR count). The summed E-state index contributed by atoms with van der Waals surface area (Å²) in [4.78, 5) is 3.78. The Balaban J connectivity index is 1.35. The molecule has 5 aromatic rings. The minimum absolute atomic E-state index is 0.246. The van der Waals surface area contributed by atoms with Crippen LogP contribution in [0, 0.1) is 23.5 Å². The van der Waals surface area contributed by atoms with Crippen LogP contribution in [0.1, 0.15) is 30.7 Å². The van der Waals surface area contributed by atoms with E-state index in [1.165, 1.54) is 30.3 Å². The number of aromatic nitrogens is 5. The van der Waals surface area contributed by atoms with Gasteiger partial charge in [0, 0.05) is 34.0 Å². The minimum Gasteiger partial charge on any atom is -0.489 e. The highest BCUT2D eigenvalue weighted by Gasteiger charge is 2.58. The molecule has 0 saturated carbocycles. The zero-order chi connectivity index (χ0) is 31.5. The van der Waals surface area contributed by atoms with E-state index in [0.717, 1.165) is 35.4 Å². The van der Waals surface area contributed by atoms with Gasteiger partial charge >= 0.3 is 5.92 Å². The van der Waals surface area contributed by atoms with Gasteiger partial charge in [-0.2, -0.15) is 8.78 Å². The zero-order valence-corrected chi connectivity index (χ0v) is 22.1. The molecule has 0 saturated heterocycles. The smallest absolute Gasteiger partial charge is 0.323 e. The van der Waals surface area contributed by atoms with E-state index in [0.29, 0.717) is 16.7 Å². The molecule has 2 heterocycles. The van der Waals surface area contributed by atoms with Crippen molar-refractivity contribution in [1.29, 1.82) is 0 Å². The number of halogens is 5. The third kappa shape index (κ3) is 6.25. The third-order valence-corrected chi connectivity index (χ3v) is 6.35. The van der Waals surface area contributed by atoms with Crippen LogP contribution in [0.15, 0.2) is 91.4 Å². The average molecular weight is 596 g/mol. The molecule has 3 aromatic carbocycles. The molecule has 42 heavy (non-hydrogen) atoms. The summed E-state index contributed by atoms with van der Waals surface area (Å²) >= 11 is 5.86. The molecule has 1 N–H and O–H groups in total. The number of benzene rings is 3. The number of alkyl halides is 2. The Labute approximate surface area is 245 Å². The summed E-state index contributed by atoms with van der Waals surface area (Å²) in [6.07, 6.45) is 2.02. The molecule has 7 nitrogen and oxygen atoms in total. The summed E-state index contributed by atoms with van der Waals surface area (Å²) in [5.41, 5.74) is -3.99. The highest BCUT2D eigenvalue weighted by molar-refractivity contribution is 6.30. The van der Waals surface area contributed by atoms with Crippen LogP contribution in [0.2, 0.25) is 5.02 Å². The molecule has 0 aliphatic rings. The van der Waals surface area contributed by atoms with Gasteiger partial charge < -0.3 is 9.84 Å². The SMILES string of the molecule is [2H]C([2H])(Oc1ccc(C#Cc2ccc(C(F)(F)[C@](O)(Cn3cnnn3)c3ccc(F)cc3F)nc2)cc1)c1ccc(Cl)cc1. The lowest BCUT2D eigenvalue weighted by atomic mass is 9.84. The highest BCUT2D eigenvalue weighted by Crippen LogP contribution is 2.46. The number of nitrogens with zero attached hydrogens (tertiary/aromatic N) is 5. The number of ether oxygens (including phenoxy) is 1. The van der Waals surface area contributed by atoms with Gasteiger partial charge in [0.25, 0.3) is 0 Å². The van der Waals surface area contributed by atoms with Gasteiger partial charge in [-0.1, -0.05) is 35.6 Å². The Morgan fingerprint density at radius 1 is 0.952 bits per heavy atom. The maximum atomic E-state index is 15.9. The quantitative estimate of drug-likeness (QED) is 0.184. The Bertz CT molecular complexity index is 1820. The van der Waals surface area contributed by atoms with Crippen LogP contribution in [-0.2, 0) is 24.6 Å². The molecule has 212 valence electrons. The topological polar surface area (TPSA) is 86.0 Å². The second-order valence-corrected chi connectivity index (χ2v) is 9.42. The van der Waals surface area contributed by atoms with Crippen molar-refractivity contribution in [3.8, 4) is 17.6 Å². The molecule has 0 unspecified atom stereocenters.